The fraction of sp³-hybridized carbons (Fsp3) is 1.00. The smallest absolute Gasteiger partial charge is 0.283 e. The van der Waals surface area contributed by atoms with Crippen molar-refractivity contribution in [1.29, 1.82) is 0 Å². The van der Waals surface area contributed by atoms with Crippen LogP contribution in [0.15, 0.2) is 0 Å². The quantitative estimate of drug-likeness (QED) is 0.191. The zero-order valence-electron chi connectivity index (χ0n) is 17.1. The van der Waals surface area contributed by atoms with Gasteiger partial charge in [0, 0.05) is 0 Å². The molecule has 0 rings (SSSR count). The van der Waals surface area contributed by atoms with Crippen molar-refractivity contribution >= 4 is 10.1 Å². The summed E-state index contributed by atoms with van der Waals surface area (Å²) in [6, 6.07) is 0. The second-order valence-corrected chi connectivity index (χ2v) is 8.75. The van der Waals surface area contributed by atoms with Gasteiger partial charge in [-0.25, -0.2) is 4.39 Å². The first-order chi connectivity index (χ1) is 17.0. The Morgan fingerprint density at radius 3 is 0.610 bits per heavy atom. The van der Waals surface area contributed by atoms with E-state index in [4.69, 9.17) is 4.55 Å². The van der Waals surface area contributed by atoms with Gasteiger partial charge in [-0.15, -0.1) is 0 Å². The zero-order chi connectivity index (χ0) is 34.5. The Hall–Kier alpha value is -1.84. The van der Waals surface area contributed by atoms with Gasteiger partial charge < -0.3 is 0 Å². The Balaban J connectivity index is 7.59. The summed E-state index contributed by atoms with van der Waals surface area (Å²) in [5, 5.41) is -8.71. The van der Waals surface area contributed by atoms with E-state index in [-0.39, 0.29) is 0 Å². The van der Waals surface area contributed by atoms with Crippen molar-refractivity contribution in [3.63, 3.8) is 0 Å². The van der Waals surface area contributed by atoms with Crippen molar-refractivity contribution < 1.29 is 123 Å². The van der Waals surface area contributed by atoms with E-state index in [1.807, 2.05) is 0 Å². The Morgan fingerprint density at radius 2 is 0.463 bits per heavy atom. The van der Waals surface area contributed by atoms with E-state index >= 15 is 0 Å². The number of hydrogen-bond donors (Lipinski definition) is 1. The minimum Gasteiger partial charge on any atom is -0.283 e. The average Bonchev–Trinajstić information content (AvgIpc) is 2.69. The highest BCUT2D eigenvalue weighted by molar-refractivity contribution is 7.87. The van der Waals surface area contributed by atoms with Crippen LogP contribution < -0.4 is 0 Å². The molecule has 0 aromatic carbocycles. The molecule has 0 aliphatic heterocycles. The topological polar surface area (TPSA) is 54.4 Å². The van der Waals surface area contributed by atoms with Gasteiger partial charge in [-0.3, -0.25) is 4.55 Å². The van der Waals surface area contributed by atoms with Crippen LogP contribution in [0.5, 0.6) is 0 Å². The summed E-state index contributed by atoms with van der Waals surface area (Å²) < 4.78 is 355. The van der Waals surface area contributed by atoms with Crippen LogP contribution in [0.2, 0.25) is 0 Å². The lowest BCUT2D eigenvalue weighted by molar-refractivity contribution is -0.477. The molecule has 1 atom stereocenters. The van der Waals surface area contributed by atoms with E-state index in [9.17, 15) is 118 Å². The molecular formula is C12HF25O3S. The Bertz CT molecular complexity index is 1100. The molecule has 1 N–H and O–H groups in total. The first kappa shape index (κ1) is 39.2. The summed E-state index contributed by atoms with van der Waals surface area (Å²) in [6.45, 7) is 0. The summed E-state index contributed by atoms with van der Waals surface area (Å²) in [5.74, 6) is -85.2. The highest BCUT2D eigenvalue weighted by atomic mass is 32.2. The molecule has 0 heterocycles. The van der Waals surface area contributed by atoms with Crippen LogP contribution in [0.25, 0.3) is 0 Å². The molecule has 0 saturated heterocycles. The van der Waals surface area contributed by atoms with E-state index < -0.39 is 80.8 Å². The first-order valence-electron chi connectivity index (χ1n) is 8.19. The highest BCUT2D eigenvalue weighted by Gasteiger charge is 3.00. The fourth-order valence-corrected chi connectivity index (χ4v) is 2.99. The van der Waals surface area contributed by atoms with Gasteiger partial charge in [-0.1, -0.05) is 0 Å². The van der Waals surface area contributed by atoms with Crippen LogP contribution in [0.4, 0.5) is 110 Å². The number of alkyl halides is 25. The van der Waals surface area contributed by atoms with Gasteiger partial charge in [-0.2, -0.15) is 114 Å². The van der Waals surface area contributed by atoms with Crippen LogP contribution in [-0.4, -0.2) is 83.6 Å². The fourth-order valence-electron chi connectivity index (χ4n) is 2.25. The standard InChI is InChI=1S/C12HF25O3S/c13-1(14,3(17,18)5(21,22)7(25,26)9(29,30)11(32,33)34)2(15,16)4(19,20)6(23,24)8(27,28)10(31,12(35,36)37)41(38,39)40/h(H,38,39,40). The Kier molecular flexibility index (Phi) is 8.68. The monoisotopic (exact) mass is 700 g/mol. The maximum absolute atomic E-state index is 13.6. The molecule has 29 heteroatoms. The van der Waals surface area contributed by atoms with Crippen LogP contribution in [0.1, 0.15) is 0 Å². The summed E-state index contributed by atoms with van der Waals surface area (Å²) >= 11 is 0. The summed E-state index contributed by atoms with van der Waals surface area (Å²) in [6.07, 6.45) is -16.6. The zero-order valence-corrected chi connectivity index (χ0v) is 17.9. The van der Waals surface area contributed by atoms with Gasteiger partial charge in [0.1, 0.15) is 0 Å². The molecule has 0 aliphatic carbocycles. The van der Waals surface area contributed by atoms with E-state index in [0.717, 1.165) is 0 Å². The van der Waals surface area contributed by atoms with Crippen molar-refractivity contribution in [2.24, 2.45) is 0 Å². The van der Waals surface area contributed by atoms with E-state index in [2.05, 4.69) is 0 Å². The van der Waals surface area contributed by atoms with Crippen molar-refractivity contribution in [2.75, 3.05) is 0 Å². The number of halogens is 25. The van der Waals surface area contributed by atoms with Gasteiger partial charge >= 0.3 is 80.8 Å². The lowest BCUT2D eigenvalue weighted by atomic mass is 9.85. The predicted molar refractivity (Wildman–Crippen MR) is 72.0 cm³/mol. The number of hydrogen-bond acceptors (Lipinski definition) is 2. The second kappa shape index (κ2) is 9.08. The first-order valence-corrected chi connectivity index (χ1v) is 9.63. The molecule has 0 spiro atoms. The van der Waals surface area contributed by atoms with Gasteiger partial charge in [0.15, 0.2) is 0 Å². The minimum absolute atomic E-state index is 7.88. The molecule has 3 nitrogen and oxygen atoms in total. The van der Waals surface area contributed by atoms with E-state index in [1.165, 1.54) is 0 Å². The van der Waals surface area contributed by atoms with Crippen LogP contribution in [0, 0.1) is 0 Å². The Labute approximate surface area is 205 Å². The maximum Gasteiger partial charge on any atom is 0.460 e. The van der Waals surface area contributed by atoms with E-state index in [1.54, 1.807) is 0 Å². The maximum atomic E-state index is 13.6. The SMILES string of the molecule is O=S(=O)(O)C(F)(C(F)(F)F)C(F)(F)C(F)(F)C(F)(F)C(F)(F)C(F)(F)C(F)(F)C(F)(F)C(F)(F)C(F)(F)C(F)(F)F. The molecular weight excluding hydrogens is 699 g/mol. The van der Waals surface area contributed by atoms with Crippen LogP contribution in [0.3, 0.4) is 0 Å². The molecule has 0 saturated carbocycles. The van der Waals surface area contributed by atoms with Crippen molar-refractivity contribution in [2.45, 2.75) is 70.7 Å². The largest absolute Gasteiger partial charge is 0.460 e. The molecule has 0 fully saturated rings. The second-order valence-electron chi connectivity index (χ2n) is 7.24. The highest BCUT2D eigenvalue weighted by Crippen LogP contribution is 2.68. The average molecular weight is 700 g/mol. The minimum atomic E-state index is -9.78. The van der Waals surface area contributed by atoms with Crippen LogP contribution >= 0.6 is 0 Å². The molecule has 248 valence electrons. The lowest BCUT2D eigenvalue weighted by Gasteiger charge is -2.45. The number of rotatable bonds is 10. The van der Waals surface area contributed by atoms with Crippen molar-refractivity contribution in [1.82, 2.24) is 0 Å². The van der Waals surface area contributed by atoms with Crippen LogP contribution in [-0.2, 0) is 10.1 Å². The summed E-state index contributed by atoms with van der Waals surface area (Å²) in [4.78, 5) is 0. The molecule has 0 aromatic rings. The predicted octanol–water partition coefficient (Wildman–Crippen LogP) is 7.38. The molecule has 0 aromatic heterocycles. The molecule has 0 bridgehead atoms. The third-order valence-electron chi connectivity index (χ3n) is 4.63. The summed E-state index contributed by atoms with van der Waals surface area (Å²) in [7, 11) is -8.75. The molecule has 0 radical (unpaired) electrons. The normalized spacial score (nSPS) is 18.4. The molecule has 0 amide bonds. The van der Waals surface area contributed by atoms with Gasteiger partial charge in [0.2, 0.25) is 0 Å². The lowest BCUT2D eigenvalue weighted by Crippen LogP contribution is -2.79. The molecule has 1 unspecified atom stereocenters. The molecule has 0 aliphatic rings. The van der Waals surface area contributed by atoms with Gasteiger partial charge in [0.05, 0.1) is 0 Å². The third kappa shape index (κ3) is 4.43. The Morgan fingerprint density at radius 1 is 0.293 bits per heavy atom. The van der Waals surface area contributed by atoms with Crippen molar-refractivity contribution in [3.8, 4) is 0 Å². The van der Waals surface area contributed by atoms with Crippen molar-refractivity contribution in [3.05, 3.63) is 0 Å². The van der Waals surface area contributed by atoms with Gasteiger partial charge in [0.25, 0.3) is 0 Å². The van der Waals surface area contributed by atoms with Gasteiger partial charge in [-0.05, 0) is 0 Å². The summed E-state index contributed by atoms with van der Waals surface area (Å²) in [5.41, 5.74) is 0. The third-order valence-corrected chi connectivity index (χ3v) is 5.83. The van der Waals surface area contributed by atoms with E-state index in [0.29, 0.717) is 0 Å². The molecule has 41 heavy (non-hydrogen) atoms.